The van der Waals surface area contributed by atoms with Gasteiger partial charge in [-0.1, -0.05) is 12.1 Å². The number of hydrogen-bond donors (Lipinski definition) is 2. The first-order chi connectivity index (χ1) is 9.01. The number of hydrogen-bond acceptors (Lipinski definition) is 5. The lowest BCUT2D eigenvalue weighted by Crippen LogP contribution is -2.33. The Morgan fingerprint density at radius 3 is 2.74 bits per heavy atom. The highest BCUT2D eigenvalue weighted by Crippen LogP contribution is 2.07. The summed E-state index contributed by atoms with van der Waals surface area (Å²) in [6.45, 7) is 4.71. The minimum Gasteiger partial charge on any atom is -0.480 e. The second kappa shape index (κ2) is 7.52. The molecule has 0 aliphatic carbocycles. The van der Waals surface area contributed by atoms with Crippen molar-refractivity contribution in [2.45, 2.75) is 26.7 Å². The molecule has 0 spiro atoms. The second-order valence-corrected chi connectivity index (χ2v) is 4.29. The van der Waals surface area contributed by atoms with E-state index in [1.807, 2.05) is 6.92 Å². The smallest absolute Gasteiger partial charge is 0.317 e. The van der Waals surface area contributed by atoms with Crippen LogP contribution < -0.4 is 5.32 Å². The van der Waals surface area contributed by atoms with Gasteiger partial charge in [0.2, 0.25) is 5.91 Å². The van der Waals surface area contributed by atoms with Crippen LogP contribution in [0, 0.1) is 6.92 Å². The Labute approximate surface area is 111 Å². The Morgan fingerprint density at radius 2 is 2.21 bits per heavy atom. The monoisotopic (exact) mass is 269 g/mol. The molecule has 1 heterocycles. The van der Waals surface area contributed by atoms with Crippen molar-refractivity contribution < 1.29 is 19.2 Å². The summed E-state index contributed by atoms with van der Waals surface area (Å²) in [5.74, 6) is -0.0997. The molecule has 0 saturated carbocycles. The van der Waals surface area contributed by atoms with Gasteiger partial charge in [-0.05, 0) is 19.9 Å². The zero-order chi connectivity index (χ0) is 14.3. The van der Waals surface area contributed by atoms with E-state index in [0.29, 0.717) is 24.7 Å². The molecule has 1 aromatic rings. The zero-order valence-corrected chi connectivity index (χ0v) is 11.2. The maximum absolute atomic E-state index is 11.6. The minimum absolute atomic E-state index is 0.0514. The fourth-order valence-electron chi connectivity index (χ4n) is 1.67. The van der Waals surface area contributed by atoms with Crippen molar-refractivity contribution >= 4 is 17.7 Å². The number of carboxylic acids is 1. The predicted octanol–water partition coefficient (Wildman–Crippen LogP) is 1.11. The minimum atomic E-state index is -0.888. The normalized spacial score (nSPS) is 10.7. The van der Waals surface area contributed by atoms with Gasteiger partial charge in [-0.2, -0.15) is 0 Å². The lowest BCUT2D eigenvalue weighted by Gasteiger charge is -2.18. The number of aromatic nitrogens is 1. The van der Waals surface area contributed by atoms with Gasteiger partial charge in [-0.25, -0.2) is 0 Å². The summed E-state index contributed by atoms with van der Waals surface area (Å²) >= 11 is 0. The number of nitrogens with zero attached hydrogens (tertiary/aromatic N) is 2. The van der Waals surface area contributed by atoms with Crippen LogP contribution in [0.5, 0.6) is 0 Å². The molecule has 19 heavy (non-hydrogen) atoms. The Kier molecular flexibility index (Phi) is 6.01. The average molecular weight is 269 g/mol. The molecular formula is C12H19N3O4. The zero-order valence-electron chi connectivity index (χ0n) is 11.2. The molecular weight excluding hydrogens is 250 g/mol. The maximum Gasteiger partial charge on any atom is 0.317 e. The van der Waals surface area contributed by atoms with Gasteiger partial charge in [0.25, 0.3) is 0 Å². The van der Waals surface area contributed by atoms with Gasteiger partial charge >= 0.3 is 5.97 Å². The van der Waals surface area contributed by atoms with Crippen LogP contribution >= 0.6 is 0 Å². The lowest BCUT2D eigenvalue weighted by molar-refractivity contribution is -0.138. The van der Waals surface area contributed by atoms with E-state index in [4.69, 9.17) is 9.63 Å². The highest BCUT2D eigenvalue weighted by Gasteiger charge is 2.12. The molecule has 0 bridgehead atoms. The molecule has 0 radical (unpaired) electrons. The van der Waals surface area contributed by atoms with Crippen LogP contribution in [0.15, 0.2) is 10.6 Å². The molecule has 0 aromatic carbocycles. The molecule has 1 rings (SSSR count). The lowest BCUT2D eigenvalue weighted by atomic mass is 10.3. The molecule has 106 valence electrons. The first-order valence-corrected chi connectivity index (χ1v) is 6.18. The van der Waals surface area contributed by atoms with Crippen LogP contribution in [0.3, 0.4) is 0 Å². The van der Waals surface area contributed by atoms with Crippen molar-refractivity contribution in [3.63, 3.8) is 0 Å². The van der Waals surface area contributed by atoms with Crippen molar-refractivity contribution in [3.05, 3.63) is 11.8 Å². The average Bonchev–Trinajstić information content (AvgIpc) is 2.71. The number of carbonyl (C=O) groups is 2. The molecule has 7 nitrogen and oxygen atoms in total. The number of anilines is 1. The molecule has 1 amide bonds. The van der Waals surface area contributed by atoms with Crippen molar-refractivity contribution in [1.82, 2.24) is 10.1 Å². The van der Waals surface area contributed by atoms with Gasteiger partial charge in [0.1, 0.15) is 5.76 Å². The number of amides is 1. The topological polar surface area (TPSA) is 95.7 Å². The van der Waals surface area contributed by atoms with E-state index in [1.54, 1.807) is 17.9 Å². The summed E-state index contributed by atoms with van der Waals surface area (Å²) in [6, 6.07) is 1.62. The van der Waals surface area contributed by atoms with Gasteiger partial charge in [-0.15, -0.1) is 0 Å². The molecule has 0 atom stereocenters. The van der Waals surface area contributed by atoms with E-state index in [0.717, 1.165) is 6.42 Å². The Balaban J connectivity index is 2.36. The van der Waals surface area contributed by atoms with Gasteiger partial charge in [0.05, 0.1) is 6.54 Å². The number of carboxylic acid groups (broad SMARTS) is 1. The quantitative estimate of drug-likeness (QED) is 0.734. The third kappa shape index (κ3) is 6.01. The van der Waals surface area contributed by atoms with Crippen molar-refractivity contribution in [2.24, 2.45) is 0 Å². The first-order valence-electron chi connectivity index (χ1n) is 6.18. The summed E-state index contributed by atoms with van der Waals surface area (Å²) < 4.78 is 4.83. The molecule has 0 aliphatic rings. The number of aryl methyl sites for hydroxylation is 1. The van der Waals surface area contributed by atoms with Gasteiger partial charge < -0.3 is 14.9 Å². The molecule has 0 saturated heterocycles. The number of aliphatic carboxylic acids is 1. The summed E-state index contributed by atoms with van der Waals surface area (Å²) in [5, 5.41) is 15.0. The van der Waals surface area contributed by atoms with Crippen LogP contribution in [0.4, 0.5) is 5.82 Å². The third-order valence-corrected chi connectivity index (χ3v) is 2.45. The molecule has 1 aromatic heterocycles. The van der Waals surface area contributed by atoms with Crippen molar-refractivity contribution in [3.8, 4) is 0 Å². The first kappa shape index (κ1) is 15.2. The molecule has 7 heteroatoms. The summed E-state index contributed by atoms with van der Waals surface area (Å²) in [5.41, 5.74) is 0. The third-order valence-electron chi connectivity index (χ3n) is 2.45. The van der Waals surface area contributed by atoms with Crippen LogP contribution in [-0.4, -0.2) is 46.7 Å². The van der Waals surface area contributed by atoms with Crippen LogP contribution in [0.1, 0.15) is 25.5 Å². The maximum atomic E-state index is 11.6. The molecule has 2 N–H and O–H groups in total. The predicted molar refractivity (Wildman–Crippen MR) is 68.9 cm³/mol. The molecule has 0 aliphatic heterocycles. The second-order valence-electron chi connectivity index (χ2n) is 4.29. The van der Waals surface area contributed by atoms with Gasteiger partial charge in [0.15, 0.2) is 5.82 Å². The van der Waals surface area contributed by atoms with Crippen molar-refractivity contribution in [1.29, 1.82) is 0 Å². The van der Waals surface area contributed by atoms with Crippen LogP contribution in [0.2, 0.25) is 0 Å². The summed E-state index contributed by atoms with van der Waals surface area (Å²) in [4.78, 5) is 24.0. The Morgan fingerprint density at radius 1 is 1.47 bits per heavy atom. The van der Waals surface area contributed by atoms with E-state index in [-0.39, 0.29) is 18.9 Å². The number of carbonyl (C=O) groups excluding carboxylic acids is 1. The van der Waals surface area contributed by atoms with E-state index < -0.39 is 5.97 Å². The standard InChI is InChI=1S/C12H19N3O4/c1-3-5-15(8-12(17)18)6-4-11(16)13-10-7-9(2)19-14-10/h7H,3-6,8H2,1-2H3,(H,17,18)(H,13,14,16). The van der Waals surface area contributed by atoms with E-state index in [9.17, 15) is 9.59 Å². The fourth-order valence-corrected chi connectivity index (χ4v) is 1.67. The van der Waals surface area contributed by atoms with E-state index >= 15 is 0 Å². The van der Waals surface area contributed by atoms with E-state index in [2.05, 4.69) is 10.5 Å². The summed E-state index contributed by atoms with van der Waals surface area (Å²) in [6.07, 6.45) is 1.07. The highest BCUT2D eigenvalue weighted by molar-refractivity contribution is 5.89. The van der Waals surface area contributed by atoms with Gasteiger partial charge in [-0.3, -0.25) is 14.5 Å². The Bertz CT molecular complexity index is 430. The largest absolute Gasteiger partial charge is 0.480 e. The SMILES string of the molecule is CCCN(CCC(=O)Nc1cc(C)on1)CC(=O)O. The summed E-state index contributed by atoms with van der Waals surface area (Å²) in [7, 11) is 0. The highest BCUT2D eigenvalue weighted by atomic mass is 16.5. The molecule has 0 unspecified atom stereocenters. The number of rotatable bonds is 8. The fraction of sp³-hybridized carbons (Fsp3) is 0.583. The van der Waals surface area contributed by atoms with Crippen LogP contribution in [-0.2, 0) is 9.59 Å². The number of nitrogens with one attached hydrogen (secondary N) is 1. The Hall–Kier alpha value is -1.89. The van der Waals surface area contributed by atoms with Crippen molar-refractivity contribution in [2.75, 3.05) is 25.0 Å². The molecule has 0 fully saturated rings. The van der Waals surface area contributed by atoms with E-state index in [1.165, 1.54) is 0 Å². The van der Waals surface area contributed by atoms with Gasteiger partial charge in [0, 0.05) is 19.0 Å². The van der Waals surface area contributed by atoms with Crippen LogP contribution in [0.25, 0.3) is 0 Å².